The van der Waals surface area contributed by atoms with Gasteiger partial charge < -0.3 is 9.64 Å². The van der Waals surface area contributed by atoms with Crippen molar-refractivity contribution in [3.8, 4) is 22.6 Å². The number of hydrogen-bond donors (Lipinski definition) is 0. The first kappa shape index (κ1) is 18.2. The Hall–Kier alpha value is -4.30. The molecular formula is C32H21NO. The fraction of sp³-hybridized carbons (Fsp3) is 0.0625. The lowest BCUT2D eigenvalue weighted by Crippen LogP contribution is -2.41. The van der Waals surface area contributed by atoms with Crippen LogP contribution in [-0.2, 0) is 12.0 Å². The van der Waals surface area contributed by atoms with Crippen molar-refractivity contribution in [2.75, 3.05) is 4.90 Å². The summed E-state index contributed by atoms with van der Waals surface area (Å²) in [7, 11) is 0. The van der Waals surface area contributed by atoms with Gasteiger partial charge in [-0.1, -0.05) is 97.1 Å². The maximum atomic E-state index is 6.48. The van der Waals surface area contributed by atoms with E-state index in [1.165, 1.54) is 50.3 Å². The van der Waals surface area contributed by atoms with Crippen molar-refractivity contribution in [3.05, 3.63) is 143 Å². The number of anilines is 2. The Balaban J connectivity index is 1.60. The van der Waals surface area contributed by atoms with Crippen LogP contribution >= 0.6 is 0 Å². The molecule has 0 amide bonds. The summed E-state index contributed by atoms with van der Waals surface area (Å²) in [5, 5.41) is 0. The van der Waals surface area contributed by atoms with Crippen LogP contribution < -0.4 is 9.64 Å². The average molecular weight is 436 g/mol. The summed E-state index contributed by atoms with van der Waals surface area (Å²) in [6.07, 6.45) is 0. The van der Waals surface area contributed by atoms with Crippen LogP contribution in [0.1, 0.15) is 27.8 Å². The Bertz CT molecular complexity index is 1590. The van der Waals surface area contributed by atoms with E-state index in [9.17, 15) is 0 Å². The van der Waals surface area contributed by atoms with Crippen molar-refractivity contribution in [3.63, 3.8) is 0 Å². The highest BCUT2D eigenvalue weighted by molar-refractivity contribution is 5.96. The molecule has 160 valence electrons. The highest BCUT2D eigenvalue weighted by Gasteiger charge is 2.51. The molecule has 5 aromatic rings. The van der Waals surface area contributed by atoms with E-state index in [1.807, 2.05) is 0 Å². The first-order valence-electron chi connectivity index (χ1n) is 11.8. The predicted octanol–water partition coefficient (Wildman–Crippen LogP) is 7.81. The van der Waals surface area contributed by atoms with Gasteiger partial charge in [0.05, 0.1) is 11.1 Å². The van der Waals surface area contributed by atoms with Gasteiger partial charge in [0.25, 0.3) is 0 Å². The van der Waals surface area contributed by atoms with E-state index in [0.717, 1.165) is 18.0 Å². The van der Waals surface area contributed by atoms with E-state index < -0.39 is 5.41 Å². The minimum atomic E-state index is -0.448. The molecule has 0 aliphatic carbocycles. The highest BCUT2D eigenvalue weighted by Crippen LogP contribution is 2.63. The molecule has 3 heterocycles. The predicted molar refractivity (Wildman–Crippen MR) is 136 cm³/mol. The fourth-order valence-electron chi connectivity index (χ4n) is 6.48. The Kier molecular flexibility index (Phi) is 3.41. The SMILES string of the molecule is c1ccc2c(c1)CN1c3ccccc3C3(c4ccccc4Oc4ccccc43)c3cccc-2c31. The summed E-state index contributed by atoms with van der Waals surface area (Å²) in [5.41, 5.74) is 11.2. The second kappa shape index (κ2) is 6.39. The molecule has 2 heteroatoms. The molecule has 0 saturated heterocycles. The van der Waals surface area contributed by atoms with Gasteiger partial charge in [0.15, 0.2) is 0 Å². The molecule has 0 aromatic heterocycles. The zero-order valence-electron chi connectivity index (χ0n) is 18.5. The number of nitrogens with zero attached hydrogens (tertiary/aromatic N) is 1. The van der Waals surface area contributed by atoms with Crippen molar-refractivity contribution in [1.29, 1.82) is 0 Å². The number of benzene rings is 5. The Labute approximate surface area is 198 Å². The normalized spacial score (nSPS) is 15.4. The van der Waals surface area contributed by atoms with Crippen molar-refractivity contribution in [2.24, 2.45) is 0 Å². The molecule has 5 aromatic carbocycles. The first-order valence-corrected chi connectivity index (χ1v) is 11.8. The second-order valence-electron chi connectivity index (χ2n) is 9.31. The molecule has 3 aliphatic heterocycles. The van der Waals surface area contributed by atoms with Crippen LogP contribution in [0.5, 0.6) is 11.5 Å². The molecule has 1 spiro atoms. The van der Waals surface area contributed by atoms with Crippen LogP contribution in [0.25, 0.3) is 11.1 Å². The van der Waals surface area contributed by atoms with Crippen LogP contribution in [0, 0.1) is 0 Å². The van der Waals surface area contributed by atoms with Crippen molar-refractivity contribution < 1.29 is 4.74 Å². The van der Waals surface area contributed by atoms with Crippen molar-refractivity contribution in [1.82, 2.24) is 0 Å². The van der Waals surface area contributed by atoms with E-state index in [1.54, 1.807) is 0 Å². The zero-order chi connectivity index (χ0) is 22.3. The van der Waals surface area contributed by atoms with Crippen LogP contribution in [0.15, 0.2) is 115 Å². The first-order chi connectivity index (χ1) is 16.9. The van der Waals surface area contributed by atoms with E-state index in [4.69, 9.17) is 4.74 Å². The number of ether oxygens (including phenoxy) is 1. The number of fused-ring (bicyclic) bond motifs is 10. The molecule has 0 fully saturated rings. The van der Waals surface area contributed by atoms with E-state index >= 15 is 0 Å². The zero-order valence-corrected chi connectivity index (χ0v) is 18.5. The lowest BCUT2D eigenvalue weighted by molar-refractivity contribution is 0.433. The molecule has 8 rings (SSSR count). The lowest BCUT2D eigenvalue weighted by Gasteiger charge is -2.50. The largest absolute Gasteiger partial charge is 0.457 e. The summed E-state index contributed by atoms with van der Waals surface area (Å²) < 4.78 is 6.48. The summed E-state index contributed by atoms with van der Waals surface area (Å²) in [4.78, 5) is 2.52. The van der Waals surface area contributed by atoms with E-state index in [0.29, 0.717) is 0 Å². The van der Waals surface area contributed by atoms with Crippen LogP contribution in [-0.4, -0.2) is 0 Å². The molecule has 0 atom stereocenters. The fourth-order valence-corrected chi connectivity index (χ4v) is 6.48. The molecule has 0 radical (unpaired) electrons. The van der Waals surface area contributed by atoms with Crippen LogP contribution in [0.3, 0.4) is 0 Å². The third kappa shape index (κ3) is 2.07. The van der Waals surface area contributed by atoms with Gasteiger partial charge in [-0.05, 0) is 40.5 Å². The van der Waals surface area contributed by atoms with Gasteiger partial charge in [0.2, 0.25) is 0 Å². The molecule has 0 N–H and O–H groups in total. The monoisotopic (exact) mass is 435 g/mol. The van der Waals surface area contributed by atoms with E-state index in [-0.39, 0.29) is 0 Å². The van der Waals surface area contributed by atoms with Gasteiger partial charge in [-0.25, -0.2) is 0 Å². The quantitative estimate of drug-likeness (QED) is 0.241. The van der Waals surface area contributed by atoms with Gasteiger partial charge in [0.1, 0.15) is 11.5 Å². The minimum Gasteiger partial charge on any atom is -0.457 e. The maximum Gasteiger partial charge on any atom is 0.132 e. The molecular weight excluding hydrogens is 414 g/mol. The van der Waals surface area contributed by atoms with Crippen molar-refractivity contribution in [2.45, 2.75) is 12.0 Å². The molecule has 0 unspecified atom stereocenters. The topological polar surface area (TPSA) is 12.5 Å². The number of hydrogen-bond acceptors (Lipinski definition) is 2. The molecule has 0 saturated carbocycles. The van der Waals surface area contributed by atoms with Gasteiger partial charge in [0, 0.05) is 28.9 Å². The lowest BCUT2D eigenvalue weighted by atomic mass is 9.60. The summed E-state index contributed by atoms with van der Waals surface area (Å²) in [6.45, 7) is 0.868. The summed E-state index contributed by atoms with van der Waals surface area (Å²) in [5.74, 6) is 1.86. The Morgan fingerprint density at radius 1 is 0.529 bits per heavy atom. The Morgan fingerprint density at radius 3 is 1.91 bits per heavy atom. The van der Waals surface area contributed by atoms with Gasteiger partial charge in [-0.3, -0.25) is 0 Å². The maximum absolute atomic E-state index is 6.48. The summed E-state index contributed by atoms with van der Waals surface area (Å²) >= 11 is 0. The standard InChI is InChI=1S/C32H21NO/c1-2-11-22-21(10-1)20-33-28-17-6-3-13-24(28)32(27-16-9-12-23(22)31(27)33)25-14-4-7-18-29(25)34-30-19-8-5-15-26(30)32/h1-19H,20H2. The Morgan fingerprint density at radius 2 is 1.12 bits per heavy atom. The third-order valence-corrected chi connectivity index (χ3v) is 7.75. The smallest absolute Gasteiger partial charge is 0.132 e. The summed E-state index contributed by atoms with van der Waals surface area (Å²) in [6, 6.07) is 41.7. The average Bonchev–Trinajstić information content (AvgIpc) is 2.91. The van der Waals surface area contributed by atoms with Crippen LogP contribution in [0.4, 0.5) is 11.4 Å². The van der Waals surface area contributed by atoms with E-state index in [2.05, 4.69) is 120 Å². The third-order valence-electron chi connectivity index (χ3n) is 7.75. The van der Waals surface area contributed by atoms with Gasteiger partial charge >= 0.3 is 0 Å². The van der Waals surface area contributed by atoms with Crippen molar-refractivity contribution >= 4 is 11.4 Å². The minimum absolute atomic E-state index is 0.448. The van der Waals surface area contributed by atoms with Gasteiger partial charge in [-0.2, -0.15) is 0 Å². The molecule has 0 bridgehead atoms. The van der Waals surface area contributed by atoms with Crippen LogP contribution in [0.2, 0.25) is 0 Å². The second-order valence-corrected chi connectivity index (χ2v) is 9.31. The number of rotatable bonds is 0. The van der Waals surface area contributed by atoms with Gasteiger partial charge in [-0.15, -0.1) is 0 Å². The molecule has 34 heavy (non-hydrogen) atoms. The molecule has 3 aliphatic rings. The molecule has 2 nitrogen and oxygen atoms in total. The highest BCUT2D eigenvalue weighted by atomic mass is 16.5. The number of para-hydroxylation sites is 4.